The van der Waals surface area contributed by atoms with Crippen molar-refractivity contribution in [2.24, 2.45) is 7.05 Å². The summed E-state index contributed by atoms with van der Waals surface area (Å²) in [7, 11) is 1.78. The zero-order chi connectivity index (χ0) is 22.4. The van der Waals surface area contributed by atoms with Gasteiger partial charge in [0.2, 0.25) is 5.95 Å². The van der Waals surface area contributed by atoms with Gasteiger partial charge in [-0.3, -0.25) is 4.79 Å². The molecule has 0 radical (unpaired) electrons. The second kappa shape index (κ2) is 10.2. The van der Waals surface area contributed by atoms with Crippen molar-refractivity contribution in [1.29, 1.82) is 0 Å². The van der Waals surface area contributed by atoms with Crippen LogP contribution in [-0.2, 0) is 11.8 Å². The van der Waals surface area contributed by atoms with Crippen molar-refractivity contribution < 1.29 is 9.47 Å². The number of aromatic nitrogens is 4. The van der Waals surface area contributed by atoms with Crippen LogP contribution in [0.3, 0.4) is 0 Å². The van der Waals surface area contributed by atoms with Crippen molar-refractivity contribution in [3.05, 3.63) is 47.1 Å². The summed E-state index contributed by atoms with van der Waals surface area (Å²) in [5.74, 6) is 1.41. The molecule has 5 heterocycles. The van der Waals surface area contributed by atoms with Gasteiger partial charge in [0.1, 0.15) is 11.3 Å². The number of benzene rings is 1. The highest BCUT2D eigenvalue weighted by molar-refractivity contribution is 5.86. The topological polar surface area (TPSA) is 94.4 Å². The lowest BCUT2D eigenvalue weighted by Crippen LogP contribution is -2.57. The van der Waals surface area contributed by atoms with Crippen molar-refractivity contribution in [2.75, 3.05) is 23.3 Å². The molecule has 2 aromatic heterocycles. The summed E-state index contributed by atoms with van der Waals surface area (Å²) in [5, 5.41) is 3.42. The Kier molecular flexibility index (Phi) is 7.25. The van der Waals surface area contributed by atoms with Gasteiger partial charge in [0.25, 0.3) is 5.56 Å². The maximum absolute atomic E-state index is 12.3. The van der Waals surface area contributed by atoms with Crippen molar-refractivity contribution in [3.8, 4) is 5.75 Å². The standard InChI is InChI=1S/C24H28N6O3.2CH4/c1-29-22(31)12-27-20-9-16(30-13-18-11-19(14-30)32-18)10-21(23(20)29)33-17-5-3-15(4-6-17)28-24-25-7-2-8-26-24;;/h2,7-10,12,15,17-19H,3-6,11,13-14H2,1H3,(H,25,26,28);2*1H4. The molecule has 2 bridgehead atoms. The Morgan fingerprint density at radius 2 is 1.71 bits per heavy atom. The lowest BCUT2D eigenvalue weighted by molar-refractivity contribution is -0.133. The molecular weight excluding hydrogens is 444 g/mol. The highest BCUT2D eigenvalue weighted by atomic mass is 16.5. The van der Waals surface area contributed by atoms with E-state index in [1.54, 1.807) is 24.0 Å². The summed E-state index contributed by atoms with van der Waals surface area (Å²) in [6, 6.07) is 6.29. The molecule has 0 amide bonds. The first-order valence-electron chi connectivity index (χ1n) is 11.7. The SMILES string of the molecule is C.C.Cn1c(=O)cnc2cc(N3CC4CC(C3)O4)cc(OC3CCC(Nc4ncccn4)CC3)c21. The summed E-state index contributed by atoms with van der Waals surface area (Å²) in [6.07, 6.45) is 10.5. The van der Waals surface area contributed by atoms with Gasteiger partial charge in [-0.25, -0.2) is 15.0 Å². The lowest BCUT2D eigenvalue weighted by Gasteiger charge is -2.48. The van der Waals surface area contributed by atoms with Crippen LogP contribution in [-0.4, -0.2) is 57.0 Å². The van der Waals surface area contributed by atoms with Gasteiger partial charge in [-0.15, -0.1) is 0 Å². The Balaban J connectivity index is 0.00000144. The third kappa shape index (κ3) is 4.96. The summed E-state index contributed by atoms with van der Waals surface area (Å²) in [4.78, 5) is 27.7. The van der Waals surface area contributed by atoms with E-state index in [0.717, 1.165) is 67.7 Å². The van der Waals surface area contributed by atoms with Crippen molar-refractivity contribution in [1.82, 2.24) is 19.5 Å². The van der Waals surface area contributed by atoms with Crippen molar-refractivity contribution in [3.63, 3.8) is 0 Å². The number of aryl methyl sites for hydroxylation is 1. The number of nitrogens with zero attached hydrogens (tertiary/aromatic N) is 5. The number of rotatable bonds is 5. The Hall–Kier alpha value is -3.20. The maximum Gasteiger partial charge on any atom is 0.269 e. The number of anilines is 2. The average Bonchev–Trinajstić information content (AvgIpc) is 2.83. The Morgan fingerprint density at radius 3 is 2.40 bits per heavy atom. The molecule has 9 nitrogen and oxygen atoms in total. The number of hydrogen-bond acceptors (Lipinski definition) is 8. The van der Waals surface area contributed by atoms with E-state index in [1.165, 1.54) is 6.20 Å². The molecule has 1 aromatic carbocycles. The molecule has 2 atom stereocenters. The summed E-state index contributed by atoms with van der Waals surface area (Å²) in [6.45, 7) is 1.76. The molecule has 7 rings (SSSR count). The molecule has 3 aliphatic heterocycles. The van der Waals surface area contributed by atoms with Crippen LogP contribution < -0.4 is 20.5 Å². The number of ether oxygens (including phenoxy) is 2. The lowest BCUT2D eigenvalue weighted by atomic mass is 9.93. The second-order valence-electron chi connectivity index (χ2n) is 9.30. The van der Waals surface area contributed by atoms with Crippen LogP contribution in [0.25, 0.3) is 11.0 Å². The Bertz CT molecular complexity index is 1190. The molecular formula is C26H36N6O3. The highest BCUT2D eigenvalue weighted by Crippen LogP contribution is 2.36. The van der Waals surface area contributed by atoms with E-state index in [9.17, 15) is 4.79 Å². The predicted octanol–water partition coefficient (Wildman–Crippen LogP) is 3.78. The van der Waals surface area contributed by atoms with Gasteiger partial charge in [0.15, 0.2) is 0 Å². The van der Waals surface area contributed by atoms with Crippen LogP contribution in [0.4, 0.5) is 11.6 Å². The fourth-order valence-corrected chi connectivity index (χ4v) is 5.24. The fraction of sp³-hybridized carbons (Fsp3) is 0.538. The molecule has 4 fully saturated rings. The van der Waals surface area contributed by atoms with Crippen LogP contribution >= 0.6 is 0 Å². The van der Waals surface area contributed by atoms with Crippen LogP contribution in [0.5, 0.6) is 5.75 Å². The quantitative estimate of drug-likeness (QED) is 0.590. The van der Waals surface area contributed by atoms with Crippen LogP contribution in [0.2, 0.25) is 0 Å². The molecule has 9 heteroatoms. The summed E-state index contributed by atoms with van der Waals surface area (Å²) in [5.41, 5.74) is 2.48. The van der Waals surface area contributed by atoms with Crippen LogP contribution in [0.15, 0.2) is 41.6 Å². The van der Waals surface area contributed by atoms with Gasteiger partial charge < -0.3 is 24.3 Å². The van der Waals surface area contributed by atoms with E-state index in [4.69, 9.17) is 9.47 Å². The van der Waals surface area contributed by atoms with Gasteiger partial charge in [-0.2, -0.15) is 0 Å². The van der Waals surface area contributed by atoms with Gasteiger partial charge in [-0.05, 0) is 37.8 Å². The normalized spacial score (nSPS) is 25.1. The Labute approximate surface area is 206 Å². The van der Waals surface area contributed by atoms with Gasteiger partial charge >= 0.3 is 0 Å². The number of fused-ring (bicyclic) bond motifs is 3. The second-order valence-corrected chi connectivity index (χ2v) is 9.30. The van der Waals surface area contributed by atoms with Crippen LogP contribution in [0.1, 0.15) is 47.0 Å². The van der Waals surface area contributed by atoms with E-state index in [0.29, 0.717) is 24.2 Å². The third-order valence-electron chi connectivity index (χ3n) is 7.01. The molecule has 2 unspecified atom stereocenters. The van der Waals surface area contributed by atoms with Gasteiger partial charge in [-0.1, -0.05) is 14.9 Å². The molecule has 1 aliphatic carbocycles. The summed E-state index contributed by atoms with van der Waals surface area (Å²) >= 11 is 0. The zero-order valence-electron chi connectivity index (χ0n) is 18.7. The van der Waals surface area contributed by atoms with Crippen molar-refractivity contribution in [2.45, 2.75) is 71.3 Å². The first-order chi connectivity index (χ1) is 16.1. The third-order valence-corrected chi connectivity index (χ3v) is 7.01. The molecule has 3 aromatic rings. The van der Waals surface area contributed by atoms with E-state index < -0.39 is 0 Å². The minimum absolute atomic E-state index is 0. The predicted molar refractivity (Wildman–Crippen MR) is 138 cm³/mol. The molecule has 35 heavy (non-hydrogen) atoms. The van der Waals surface area contributed by atoms with E-state index in [1.807, 2.05) is 6.07 Å². The molecule has 0 spiro atoms. The minimum Gasteiger partial charge on any atom is -0.488 e. The maximum atomic E-state index is 12.3. The summed E-state index contributed by atoms with van der Waals surface area (Å²) < 4.78 is 14.0. The van der Waals surface area contributed by atoms with Crippen molar-refractivity contribution >= 4 is 22.7 Å². The molecule has 3 saturated heterocycles. The van der Waals surface area contributed by atoms with E-state index in [2.05, 4.69) is 37.3 Å². The molecule has 188 valence electrons. The average molecular weight is 481 g/mol. The first-order valence-corrected chi connectivity index (χ1v) is 11.7. The number of hydrogen-bond donors (Lipinski definition) is 1. The Morgan fingerprint density at radius 1 is 1.03 bits per heavy atom. The fourth-order valence-electron chi connectivity index (χ4n) is 5.24. The van der Waals surface area contributed by atoms with E-state index >= 15 is 0 Å². The zero-order valence-corrected chi connectivity index (χ0v) is 18.7. The van der Waals surface area contributed by atoms with Gasteiger partial charge in [0.05, 0.1) is 30.0 Å². The van der Waals surface area contributed by atoms with Crippen LogP contribution in [0, 0.1) is 0 Å². The van der Waals surface area contributed by atoms with E-state index in [-0.39, 0.29) is 26.5 Å². The molecule has 4 aliphatic rings. The monoisotopic (exact) mass is 480 g/mol. The molecule has 1 N–H and O–H groups in total. The largest absolute Gasteiger partial charge is 0.488 e. The number of piperidine rings is 1. The first kappa shape index (κ1) is 24.9. The number of morpholine rings is 1. The van der Waals surface area contributed by atoms with Gasteiger partial charge in [0, 0.05) is 56.7 Å². The molecule has 1 saturated carbocycles. The highest BCUT2D eigenvalue weighted by Gasteiger charge is 2.38. The minimum atomic E-state index is -0.136. The smallest absolute Gasteiger partial charge is 0.269 e. The number of nitrogens with one attached hydrogen (secondary N) is 1.